The summed E-state index contributed by atoms with van der Waals surface area (Å²) in [7, 11) is 0. The first-order valence-electron chi connectivity index (χ1n) is 5.99. The largest absolute Gasteiger partial charge is 0.466 e. The summed E-state index contributed by atoms with van der Waals surface area (Å²) in [6.45, 7) is 2.12. The summed E-state index contributed by atoms with van der Waals surface area (Å²) in [5.74, 6) is -0.608. The van der Waals surface area contributed by atoms with E-state index in [1.54, 1.807) is 13.1 Å². The zero-order chi connectivity index (χ0) is 13.0. The third-order valence-electron chi connectivity index (χ3n) is 3.02. The van der Waals surface area contributed by atoms with Crippen LogP contribution in [-0.2, 0) is 9.53 Å². The molecule has 0 aromatic carbocycles. The number of nitrogens with zero attached hydrogens (tertiary/aromatic N) is 2. The van der Waals surface area contributed by atoms with Crippen LogP contribution in [-0.4, -0.2) is 23.6 Å². The van der Waals surface area contributed by atoms with E-state index in [4.69, 9.17) is 10.00 Å². The molecule has 2 rings (SSSR count). The Balaban J connectivity index is 2.21. The first kappa shape index (κ1) is 12.5. The van der Waals surface area contributed by atoms with Gasteiger partial charge in [-0.05, 0) is 25.5 Å². The summed E-state index contributed by atoms with van der Waals surface area (Å²) in [5, 5.41) is 12.1. The first-order valence-corrected chi connectivity index (χ1v) is 5.99. The lowest BCUT2D eigenvalue weighted by Gasteiger charge is -2.17. The molecule has 0 spiro atoms. The van der Waals surface area contributed by atoms with E-state index in [0.29, 0.717) is 13.0 Å². The van der Waals surface area contributed by atoms with Crippen LogP contribution in [0.5, 0.6) is 0 Å². The van der Waals surface area contributed by atoms with Crippen LogP contribution in [0.25, 0.3) is 0 Å². The van der Waals surface area contributed by atoms with Crippen molar-refractivity contribution in [1.29, 1.82) is 5.26 Å². The smallest absolute Gasteiger partial charge is 0.311 e. The minimum atomic E-state index is -0.343. The first-order chi connectivity index (χ1) is 8.76. The topological polar surface area (TPSA) is 75.0 Å². The molecule has 1 aromatic rings. The SMILES string of the molecule is CCOC(=O)C1CC(C#N)NC1c1ccccn1. The van der Waals surface area contributed by atoms with Crippen molar-refractivity contribution in [3.63, 3.8) is 0 Å². The van der Waals surface area contributed by atoms with Crippen LogP contribution in [0.1, 0.15) is 25.1 Å². The van der Waals surface area contributed by atoms with Crippen LogP contribution in [0.3, 0.4) is 0 Å². The second-order valence-corrected chi connectivity index (χ2v) is 4.17. The average molecular weight is 245 g/mol. The lowest BCUT2D eigenvalue weighted by molar-refractivity contribution is -0.148. The monoisotopic (exact) mass is 245 g/mol. The molecule has 1 N–H and O–H groups in total. The van der Waals surface area contributed by atoms with Crippen LogP contribution >= 0.6 is 0 Å². The lowest BCUT2D eigenvalue weighted by atomic mass is 9.96. The van der Waals surface area contributed by atoms with Gasteiger partial charge in [-0.15, -0.1) is 0 Å². The van der Waals surface area contributed by atoms with Gasteiger partial charge in [0.2, 0.25) is 0 Å². The summed E-state index contributed by atoms with van der Waals surface area (Å²) < 4.78 is 5.05. The molecule has 5 heteroatoms. The summed E-state index contributed by atoms with van der Waals surface area (Å²) in [5.41, 5.74) is 0.772. The van der Waals surface area contributed by atoms with E-state index in [9.17, 15) is 4.79 Å². The van der Waals surface area contributed by atoms with Crippen molar-refractivity contribution < 1.29 is 9.53 Å². The summed E-state index contributed by atoms with van der Waals surface area (Å²) in [4.78, 5) is 16.1. The van der Waals surface area contributed by atoms with Gasteiger partial charge < -0.3 is 4.74 Å². The maximum Gasteiger partial charge on any atom is 0.311 e. The van der Waals surface area contributed by atoms with E-state index in [-0.39, 0.29) is 24.0 Å². The number of carbonyl (C=O) groups is 1. The van der Waals surface area contributed by atoms with Gasteiger partial charge in [0, 0.05) is 6.20 Å². The predicted octanol–water partition coefficient (Wildman–Crippen LogP) is 1.19. The van der Waals surface area contributed by atoms with Crippen molar-refractivity contribution >= 4 is 5.97 Å². The van der Waals surface area contributed by atoms with E-state index < -0.39 is 0 Å². The second-order valence-electron chi connectivity index (χ2n) is 4.17. The summed E-state index contributed by atoms with van der Waals surface area (Å²) >= 11 is 0. The number of aromatic nitrogens is 1. The van der Waals surface area contributed by atoms with Crippen LogP contribution in [0, 0.1) is 17.2 Å². The molecule has 1 fully saturated rings. The molecule has 18 heavy (non-hydrogen) atoms. The number of carbonyl (C=O) groups excluding carboxylic acids is 1. The highest BCUT2D eigenvalue weighted by molar-refractivity contribution is 5.74. The third kappa shape index (κ3) is 2.49. The molecule has 1 saturated heterocycles. The maximum absolute atomic E-state index is 11.9. The van der Waals surface area contributed by atoms with Crippen molar-refractivity contribution in [1.82, 2.24) is 10.3 Å². The molecule has 1 aliphatic heterocycles. The molecular formula is C13H15N3O2. The number of hydrogen-bond donors (Lipinski definition) is 1. The molecule has 0 saturated carbocycles. The Morgan fingerprint density at radius 1 is 1.67 bits per heavy atom. The quantitative estimate of drug-likeness (QED) is 0.809. The van der Waals surface area contributed by atoms with Gasteiger partial charge in [0.25, 0.3) is 0 Å². The molecule has 1 aliphatic rings. The molecule has 94 valence electrons. The van der Waals surface area contributed by atoms with Crippen LogP contribution < -0.4 is 5.32 Å². The van der Waals surface area contributed by atoms with Crippen LogP contribution in [0.4, 0.5) is 0 Å². The molecular weight excluding hydrogens is 230 g/mol. The average Bonchev–Trinajstić information content (AvgIpc) is 2.84. The molecule has 0 radical (unpaired) electrons. The maximum atomic E-state index is 11.9. The highest BCUT2D eigenvalue weighted by atomic mass is 16.5. The van der Waals surface area contributed by atoms with Gasteiger partial charge in [-0.25, -0.2) is 0 Å². The molecule has 1 aromatic heterocycles. The highest BCUT2D eigenvalue weighted by Gasteiger charge is 2.40. The summed E-state index contributed by atoms with van der Waals surface area (Å²) in [6.07, 6.45) is 2.15. The van der Waals surface area contributed by atoms with Gasteiger partial charge >= 0.3 is 5.97 Å². The molecule has 3 atom stereocenters. The highest BCUT2D eigenvalue weighted by Crippen LogP contribution is 2.32. The van der Waals surface area contributed by atoms with Crippen molar-refractivity contribution in [2.24, 2.45) is 5.92 Å². The molecule has 0 amide bonds. The van der Waals surface area contributed by atoms with Crippen LogP contribution in [0.2, 0.25) is 0 Å². The minimum Gasteiger partial charge on any atom is -0.466 e. The van der Waals surface area contributed by atoms with Crippen LogP contribution in [0.15, 0.2) is 24.4 Å². The molecule has 0 aliphatic carbocycles. The van der Waals surface area contributed by atoms with Crippen molar-refractivity contribution in [2.45, 2.75) is 25.4 Å². The fraction of sp³-hybridized carbons (Fsp3) is 0.462. The molecule has 2 heterocycles. The zero-order valence-corrected chi connectivity index (χ0v) is 10.2. The Bertz CT molecular complexity index is 455. The Morgan fingerprint density at radius 2 is 2.50 bits per heavy atom. The number of nitrogens with one attached hydrogen (secondary N) is 1. The Labute approximate surface area is 106 Å². The molecule has 5 nitrogen and oxygen atoms in total. The van der Waals surface area contributed by atoms with Gasteiger partial charge in [-0.1, -0.05) is 6.07 Å². The van der Waals surface area contributed by atoms with Gasteiger partial charge in [0.15, 0.2) is 0 Å². The van der Waals surface area contributed by atoms with Crippen molar-refractivity contribution in [3.05, 3.63) is 30.1 Å². The fourth-order valence-corrected chi connectivity index (χ4v) is 2.21. The normalized spacial score (nSPS) is 26.6. The van der Waals surface area contributed by atoms with Crippen molar-refractivity contribution in [2.75, 3.05) is 6.61 Å². The van der Waals surface area contributed by atoms with E-state index in [1.165, 1.54) is 0 Å². The number of esters is 1. The fourth-order valence-electron chi connectivity index (χ4n) is 2.21. The zero-order valence-electron chi connectivity index (χ0n) is 10.2. The number of ether oxygens (including phenoxy) is 1. The van der Waals surface area contributed by atoms with E-state index in [0.717, 1.165) is 5.69 Å². The number of nitriles is 1. The molecule has 3 unspecified atom stereocenters. The second kappa shape index (κ2) is 5.61. The Kier molecular flexibility index (Phi) is 3.90. The van der Waals surface area contributed by atoms with E-state index in [2.05, 4.69) is 16.4 Å². The van der Waals surface area contributed by atoms with Gasteiger partial charge in [0.1, 0.15) is 0 Å². The standard InChI is InChI=1S/C13H15N3O2/c1-2-18-13(17)10-7-9(8-14)16-12(10)11-5-3-4-6-15-11/h3-6,9-10,12,16H,2,7H2,1H3. The Morgan fingerprint density at radius 3 is 3.11 bits per heavy atom. The third-order valence-corrected chi connectivity index (χ3v) is 3.02. The van der Waals surface area contributed by atoms with Gasteiger partial charge in [-0.2, -0.15) is 5.26 Å². The number of hydrogen-bond acceptors (Lipinski definition) is 5. The van der Waals surface area contributed by atoms with Gasteiger partial charge in [-0.3, -0.25) is 15.1 Å². The predicted molar refractivity (Wildman–Crippen MR) is 64.3 cm³/mol. The Hall–Kier alpha value is -1.93. The number of rotatable bonds is 3. The minimum absolute atomic E-state index is 0.241. The van der Waals surface area contributed by atoms with Crippen molar-refractivity contribution in [3.8, 4) is 6.07 Å². The lowest BCUT2D eigenvalue weighted by Crippen LogP contribution is -2.27. The van der Waals surface area contributed by atoms with E-state index in [1.807, 2.05) is 18.2 Å². The summed E-state index contributed by atoms with van der Waals surface area (Å²) in [6, 6.07) is 7.11. The van der Waals surface area contributed by atoms with E-state index >= 15 is 0 Å². The van der Waals surface area contributed by atoms with Gasteiger partial charge in [0.05, 0.1) is 36.4 Å². The number of pyridine rings is 1. The molecule has 0 bridgehead atoms.